The maximum atomic E-state index is 12.5. The van der Waals surface area contributed by atoms with E-state index >= 15 is 0 Å². The standard InChI is InChI=1S/C21H30N2O3S/c1-5-7-8-9-15(6-2)16(21(25)26)12-27-18-11-10-17-19(14(18)3)20(24)23(4)13-22-17/h10-11,13,15-16H,5-9,12H2,1-4H3,(H,25,26). The number of carboxylic acids is 1. The van der Waals surface area contributed by atoms with E-state index in [4.69, 9.17) is 0 Å². The largest absolute Gasteiger partial charge is 0.481 e. The monoisotopic (exact) mass is 390 g/mol. The first-order chi connectivity index (χ1) is 12.9. The Morgan fingerprint density at radius 3 is 2.67 bits per heavy atom. The van der Waals surface area contributed by atoms with Crippen LogP contribution >= 0.6 is 11.8 Å². The van der Waals surface area contributed by atoms with Gasteiger partial charge in [-0.25, -0.2) is 4.98 Å². The smallest absolute Gasteiger partial charge is 0.307 e. The lowest BCUT2D eigenvalue weighted by Crippen LogP contribution is -2.25. The fourth-order valence-electron chi connectivity index (χ4n) is 3.52. The average molecular weight is 391 g/mol. The van der Waals surface area contributed by atoms with Crippen LogP contribution < -0.4 is 5.56 Å². The number of fused-ring (bicyclic) bond motifs is 1. The quantitative estimate of drug-likeness (QED) is 0.472. The van der Waals surface area contributed by atoms with E-state index in [0.29, 0.717) is 16.7 Å². The van der Waals surface area contributed by atoms with Gasteiger partial charge in [0, 0.05) is 17.7 Å². The Morgan fingerprint density at radius 1 is 1.30 bits per heavy atom. The van der Waals surface area contributed by atoms with E-state index in [-0.39, 0.29) is 17.4 Å². The molecule has 5 nitrogen and oxygen atoms in total. The third-order valence-electron chi connectivity index (χ3n) is 5.31. The Labute approximate surface area is 165 Å². The molecule has 0 bridgehead atoms. The van der Waals surface area contributed by atoms with E-state index in [1.165, 1.54) is 22.7 Å². The summed E-state index contributed by atoms with van der Waals surface area (Å²) in [5, 5.41) is 10.4. The summed E-state index contributed by atoms with van der Waals surface area (Å²) < 4.78 is 1.48. The Morgan fingerprint density at radius 2 is 2.04 bits per heavy atom. The van der Waals surface area contributed by atoms with Crippen LogP contribution in [0.3, 0.4) is 0 Å². The van der Waals surface area contributed by atoms with Crippen molar-refractivity contribution in [2.75, 3.05) is 5.75 Å². The van der Waals surface area contributed by atoms with Gasteiger partial charge in [0.1, 0.15) is 0 Å². The van der Waals surface area contributed by atoms with E-state index in [1.807, 2.05) is 19.1 Å². The molecule has 6 heteroatoms. The maximum Gasteiger partial charge on any atom is 0.307 e. The van der Waals surface area contributed by atoms with E-state index < -0.39 is 5.97 Å². The first kappa shape index (κ1) is 21.5. The van der Waals surface area contributed by atoms with Gasteiger partial charge < -0.3 is 9.67 Å². The third kappa shape index (κ3) is 5.12. The Bertz CT molecular complexity index is 847. The molecule has 0 fully saturated rings. The number of unbranched alkanes of at least 4 members (excludes halogenated alkanes) is 2. The van der Waals surface area contributed by atoms with Crippen LogP contribution in [0.5, 0.6) is 0 Å². The van der Waals surface area contributed by atoms with Gasteiger partial charge in [-0.15, -0.1) is 11.8 Å². The van der Waals surface area contributed by atoms with Crippen LogP contribution in [-0.2, 0) is 11.8 Å². The number of hydrogen-bond acceptors (Lipinski definition) is 4. The predicted molar refractivity (Wildman–Crippen MR) is 111 cm³/mol. The second-order valence-corrected chi connectivity index (χ2v) is 8.23. The van der Waals surface area contributed by atoms with Crippen LogP contribution in [0.1, 0.15) is 51.5 Å². The molecule has 2 atom stereocenters. The van der Waals surface area contributed by atoms with Gasteiger partial charge in [-0.1, -0.05) is 39.5 Å². The maximum absolute atomic E-state index is 12.5. The minimum absolute atomic E-state index is 0.0688. The van der Waals surface area contributed by atoms with Gasteiger partial charge in [0.15, 0.2) is 0 Å². The molecule has 0 spiro atoms. The van der Waals surface area contributed by atoms with Crippen LogP contribution in [0.4, 0.5) is 0 Å². The zero-order valence-corrected chi connectivity index (χ0v) is 17.5. The van der Waals surface area contributed by atoms with Crippen molar-refractivity contribution < 1.29 is 9.90 Å². The number of benzene rings is 1. The minimum Gasteiger partial charge on any atom is -0.481 e. The van der Waals surface area contributed by atoms with Crippen LogP contribution in [0.25, 0.3) is 10.9 Å². The molecular formula is C21H30N2O3S. The lowest BCUT2D eigenvalue weighted by Gasteiger charge is -2.23. The molecule has 0 aliphatic carbocycles. The predicted octanol–water partition coefficient (Wildman–Crippen LogP) is 4.64. The second-order valence-electron chi connectivity index (χ2n) is 7.16. The molecule has 1 aromatic heterocycles. The summed E-state index contributed by atoms with van der Waals surface area (Å²) in [4.78, 5) is 29.6. The number of carboxylic acid groups (broad SMARTS) is 1. The van der Waals surface area contributed by atoms with Gasteiger partial charge in [0.2, 0.25) is 0 Å². The molecule has 0 saturated carbocycles. The number of aromatic nitrogens is 2. The topological polar surface area (TPSA) is 72.2 Å². The highest BCUT2D eigenvalue weighted by Crippen LogP contribution is 2.32. The molecular weight excluding hydrogens is 360 g/mol. The normalized spacial score (nSPS) is 13.6. The van der Waals surface area contributed by atoms with Crippen molar-refractivity contribution in [1.29, 1.82) is 0 Å². The summed E-state index contributed by atoms with van der Waals surface area (Å²) in [5.41, 5.74) is 1.50. The van der Waals surface area contributed by atoms with Crippen molar-refractivity contribution in [2.24, 2.45) is 18.9 Å². The molecule has 1 aromatic carbocycles. The van der Waals surface area contributed by atoms with Crippen molar-refractivity contribution in [3.8, 4) is 0 Å². The number of nitrogens with zero attached hydrogens (tertiary/aromatic N) is 2. The molecule has 1 N–H and O–H groups in total. The average Bonchev–Trinajstić information content (AvgIpc) is 2.64. The summed E-state index contributed by atoms with van der Waals surface area (Å²) in [6.07, 6.45) is 6.74. The summed E-state index contributed by atoms with van der Waals surface area (Å²) in [6.45, 7) is 6.16. The Balaban J connectivity index is 2.22. The molecule has 0 radical (unpaired) electrons. The Kier molecular flexibility index (Phi) is 7.90. The first-order valence-electron chi connectivity index (χ1n) is 9.71. The van der Waals surface area contributed by atoms with Crippen molar-refractivity contribution in [3.63, 3.8) is 0 Å². The zero-order valence-electron chi connectivity index (χ0n) is 16.7. The molecule has 0 aliphatic heterocycles. The van der Waals surface area contributed by atoms with Crippen molar-refractivity contribution in [3.05, 3.63) is 34.4 Å². The summed E-state index contributed by atoms with van der Waals surface area (Å²) in [7, 11) is 1.69. The van der Waals surface area contributed by atoms with Crippen LogP contribution in [0.2, 0.25) is 0 Å². The first-order valence-corrected chi connectivity index (χ1v) is 10.7. The van der Waals surface area contributed by atoms with Gasteiger partial charge in [-0.05, 0) is 37.0 Å². The van der Waals surface area contributed by atoms with Gasteiger partial charge in [-0.2, -0.15) is 0 Å². The fourth-order valence-corrected chi connectivity index (χ4v) is 4.78. The molecule has 2 rings (SSSR count). The SMILES string of the molecule is CCCCCC(CC)C(CSc1ccc2ncn(C)c(=O)c2c1C)C(=O)O. The molecule has 2 aromatic rings. The van der Waals surface area contributed by atoms with Crippen molar-refractivity contribution in [1.82, 2.24) is 9.55 Å². The van der Waals surface area contributed by atoms with E-state index in [2.05, 4.69) is 18.8 Å². The number of rotatable bonds is 10. The van der Waals surface area contributed by atoms with Gasteiger partial charge >= 0.3 is 5.97 Å². The summed E-state index contributed by atoms with van der Waals surface area (Å²) in [5.74, 6) is -0.380. The molecule has 2 unspecified atom stereocenters. The molecule has 27 heavy (non-hydrogen) atoms. The number of aryl methyl sites for hydroxylation is 2. The number of carbonyl (C=O) groups is 1. The van der Waals surface area contributed by atoms with Gasteiger partial charge in [-0.3, -0.25) is 9.59 Å². The molecule has 148 valence electrons. The van der Waals surface area contributed by atoms with Crippen LogP contribution in [0, 0.1) is 18.8 Å². The highest BCUT2D eigenvalue weighted by atomic mass is 32.2. The van der Waals surface area contributed by atoms with Crippen LogP contribution in [-0.4, -0.2) is 26.4 Å². The number of hydrogen-bond donors (Lipinski definition) is 1. The van der Waals surface area contributed by atoms with E-state index in [1.54, 1.807) is 7.05 Å². The highest BCUT2D eigenvalue weighted by molar-refractivity contribution is 7.99. The van der Waals surface area contributed by atoms with Gasteiger partial charge in [0.25, 0.3) is 5.56 Å². The van der Waals surface area contributed by atoms with E-state index in [9.17, 15) is 14.7 Å². The second kappa shape index (κ2) is 9.93. The fraction of sp³-hybridized carbons (Fsp3) is 0.571. The minimum atomic E-state index is -0.720. The lowest BCUT2D eigenvalue weighted by molar-refractivity contribution is -0.142. The zero-order chi connectivity index (χ0) is 20.0. The molecule has 0 saturated heterocycles. The third-order valence-corrected chi connectivity index (χ3v) is 6.58. The summed E-state index contributed by atoms with van der Waals surface area (Å²) >= 11 is 1.54. The van der Waals surface area contributed by atoms with Gasteiger partial charge in [0.05, 0.1) is 23.1 Å². The number of aliphatic carboxylic acids is 1. The van der Waals surface area contributed by atoms with E-state index in [0.717, 1.165) is 42.6 Å². The van der Waals surface area contributed by atoms with Crippen molar-refractivity contribution >= 4 is 28.6 Å². The molecule has 1 heterocycles. The molecule has 0 amide bonds. The van der Waals surface area contributed by atoms with Crippen molar-refractivity contribution in [2.45, 2.75) is 57.8 Å². The molecule has 0 aliphatic rings. The number of thioether (sulfide) groups is 1. The summed E-state index contributed by atoms with van der Waals surface area (Å²) in [6, 6.07) is 3.80. The lowest BCUT2D eigenvalue weighted by atomic mass is 9.87. The highest BCUT2D eigenvalue weighted by Gasteiger charge is 2.27. The Hall–Kier alpha value is -1.82. The van der Waals surface area contributed by atoms with Crippen LogP contribution in [0.15, 0.2) is 28.2 Å².